The average molecular weight is 384 g/mol. The van der Waals surface area contributed by atoms with Gasteiger partial charge in [-0.15, -0.1) is 24.0 Å². The van der Waals surface area contributed by atoms with Gasteiger partial charge in [0.05, 0.1) is 0 Å². The molecule has 0 aromatic carbocycles. The molecule has 0 saturated carbocycles. The van der Waals surface area contributed by atoms with E-state index in [1.807, 2.05) is 13.8 Å². The van der Waals surface area contributed by atoms with Gasteiger partial charge in [0, 0.05) is 32.6 Å². The Morgan fingerprint density at radius 3 is 2.16 bits per heavy atom. The van der Waals surface area contributed by atoms with Gasteiger partial charge in [-0.2, -0.15) is 0 Å². The molecule has 0 saturated heterocycles. The van der Waals surface area contributed by atoms with E-state index in [2.05, 4.69) is 34.8 Å². The third-order valence-electron chi connectivity index (χ3n) is 2.33. The van der Waals surface area contributed by atoms with Gasteiger partial charge in [-0.25, -0.2) is 0 Å². The normalized spacial score (nSPS) is 11.2. The van der Waals surface area contributed by atoms with E-state index in [1.54, 1.807) is 7.05 Å². The highest BCUT2D eigenvalue weighted by molar-refractivity contribution is 14.0. The molecule has 0 aliphatic rings. The van der Waals surface area contributed by atoms with Crippen LogP contribution in [0, 0.1) is 5.92 Å². The van der Waals surface area contributed by atoms with Crippen molar-refractivity contribution >= 4 is 35.8 Å². The lowest BCUT2D eigenvalue weighted by molar-refractivity contribution is -0.121. The van der Waals surface area contributed by atoms with Crippen LogP contribution in [0.15, 0.2) is 4.99 Å². The first-order chi connectivity index (χ1) is 8.45. The molecule has 0 fully saturated rings. The lowest BCUT2D eigenvalue weighted by Crippen LogP contribution is -2.40. The molecule has 3 N–H and O–H groups in total. The minimum absolute atomic E-state index is 0. The molecule has 0 atom stereocenters. The highest BCUT2D eigenvalue weighted by atomic mass is 127. The second-order valence-electron chi connectivity index (χ2n) is 5.08. The number of rotatable bonds is 7. The van der Waals surface area contributed by atoms with E-state index in [1.165, 1.54) is 0 Å². The Labute approximate surface area is 134 Å². The molecule has 6 heteroatoms. The lowest BCUT2D eigenvalue weighted by atomic mass is 10.1. The van der Waals surface area contributed by atoms with E-state index in [-0.39, 0.29) is 35.9 Å². The summed E-state index contributed by atoms with van der Waals surface area (Å²) in [4.78, 5) is 15.5. The molecule has 0 spiro atoms. The van der Waals surface area contributed by atoms with Crippen LogP contribution >= 0.6 is 24.0 Å². The van der Waals surface area contributed by atoms with Crippen molar-refractivity contribution in [3.63, 3.8) is 0 Å². The minimum atomic E-state index is 0. The number of aliphatic imine (C=N–C) groups is 1. The van der Waals surface area contributed by atoms with Crippen molar-refractivity contribution in [1.82, 2.24) is 16.0 Å². The number of nitrogens with zero attached hydrogens (tertiary/aromatic N) is 1. The third-order valence-corrected chi connectivity index (χ3v) is 2.33. The number of hydrogen-bond donors (Lipinski definition) is 3. The van der Waals surface area contributed by atoms with Gasteiger partial charge < -0.3 is 16.0 Å². The molecule has 0 unspecified atom stereocenters. The summed E-state index contributed by atoms with van der Waals surface area (Å²) in [5.74, 6) is 1.50. The average Bonchev–Trinajstić information content (AvgIpc) is 2.25. The van der Waals surface area contributed by atoms with Crippen molar-refractivity contribution in [2.75, 3.05) is 20.1 Å². The van der Waals surface area contributed by atoms with E-state index >= 15 is 0 Å². The predicted molar refractivity (Wildman–Crippen MR) is 92.1 cm³/mol. The second-order valence-corrected chi connectivity index (χ2v) is 5.08. The van der Waals surface area contributed by atoms with Crippen molar-refractivity contribution in [2.24, 2.45) is 10.9 Å². The van der Waals surface area contributed by atoms with Crippen LogP contribution < -0.4 is 16.0 Å². The monoisotopic (exact) mass is 384 g/mol. The Bertz CT molecular complexity index is 267. The van der Waals surface area contributed by atoms with E-state index in [9.17, 15) is 4.79 Å². The number of amides is 1. The van der Waals surface area contributed by atoms with Crippen molar-refractivity contribution in [3.8, 4) is 0 Å². The lowest BCUT2D eigenvalue weighted by Gasteiger charge is -2.13. The number of nitrogens with one attached hydrogen (secondary N) is 3. The third kappa shape index (κ3) is 13.7. The summed E-state index contributed by atoms with van der Waals surface area (Å²) >= 11 is 0. The van der Waals surface area contributed by atoms with Crippen LogP contribution in [-0.4, -0.2) is 38.0 Å². The molecule has 0 aromatic heterocycles. The van der Waals surface area contributed by atoms with Crippen LogP contribution in [0.3, 0.4) is 0 Å². The quantitative estimate of drug-likeness (QED) is 0.356. The summed E-state index contributed by atoms with van der Waals surface area (Å²) in [5.41, 5.74) is 0. The zero-order chi connectivity index (χ0) is 14.0. The summed E-state index contributed by atoms with van der Waals surface area (Å²) in [5, 5.41) is 9.20. The van der Waals surface area contributed by atoms with E-state index in [0.717, 1.165) is 18.9 Å². The zero-order valence-corrected chi connectivity index (χ0v) is 15.1. The van der Waals surface area contributed by atoms with Gasteiger partial charge in [-0.05, 0) is 26.2 Å². The zero-order valence-electron chi connectivity index (χ0n) is 12.7. The molecule has 1 amide bonds. The van der Waals surface area contributed by atoms with E-state index in [4.69, 9.17) is 0 Å². The molecular weight excluding hydrogens is 355 g/mol. The molecule has 114 valence electrons. The molecule has 19 heavy (non-hydrogen) atoms. The number of halogens is 1. The van der Waals surface area contributed by atoms with Crippen molar-refractivity contribution < 1.29 is 4.79 Å². The van der Waals surface area contributed by atoms with Gasteiger partial charge in [-0.3, -0.25) is 9.79 Å². The molecule has 0 bridgehead atoms. The first-order valence-electron chi connectivity index (χ1n) is 6.69. The highest BCUT2D eigenvalue weighted by Gasteiger charge is 2.03. The molecule has 0 aliphatic carbocycles. The fourth-order valence-corrected chi connectivity index (χ4v) is 1.39. The molecule has 0 radical (unpaired) electrons. The maximum atomic E-state index is 11.4. The van der Waals surface area contributed by atoms with Crippen LogP contribution in [0.5, 0.6) is 0 Å². The van der Waals surface area contributed by atoms with Gasteiger partial charge in [0.2, 0.25) is 5.91 Å². The van der Waals surface area contributed by atoms with Gasteiger partial charge in [0.1, 0.15) is 0 Å². The molecule has 0 aromatic rings. The van der Waals surface area contributed by atoms with Gasteiger partial charge in [0.25, 0.3) is 0 Å². The van der Waals surface area contributed by atoms with Crippen LogP contribution in [0.4, 0.5) is 0 Å². The van der Waals surface area contributed by atoms with Gasteiger partial charge in [-0.1, -0.05) is 13.8 Å². The maximum absolute atomic E-state index is 11.4. The summed E-state index contributed by atoms with van der Waals surface area (Å²) in [6.07, 6.45) is 1.57. The van der Waals surface area contributed by atoms with Gasteiger partial charge >= 0.3 is 0 Å². The fourth-order valence-electron chi connectivity index (χ4n) is 1.39. The molecule has 0 heterocycles. The Morgan fingerprint density at radius 2 is 1.68 bits per heavy atom. The van der Waals surface area contributed by atoms with Crippen LogP contribution in [0.25, 0.3) is 0 Å². The SMILES string of the molecule is CN=C(NCCC(=O)NC(C)C)NCCC(C)C.I. The number of carbonyl (C=O) groups excluding carboxylic acids is 1. The molecule has 5 nitrogen and oxygen atoms in total. The first kappa shape index (κ1) is 20.8. The molecule has 0 rings (SSSR count). The van der Waals surface area contributed by atoms with Gasteiger partial charge in [0.15, 0.2) is 5.96 Å². The number of hydrogen-bond acceptors (Lipinski definition) is 2. The van der Waals surface area contributed by atoms with Crippen LogP contribution in [0.2, 0.25) is 0 Å². The number of carbonyl (C=O) groups is 1. The summed E-state index contributed by atoms with van der Waals surface area (Å²) < 4.78 is 0. The Balaban J connectivity index is 0. The van der Waals surface area contributed by atoms with E-state index < -0.39 is 0 Å². The summed E-state index contributed by atoms with van der Waals surface area (Å²) in [7, 11) is 1.74. The van der Waals surface area contributed by atoms with Crippen molar-refractivity contribution in [2.45, 2.75) is 46.6 Å². The van der Waals surface area contributed by atoms with Crippen molar-refractivity contribution in [3.05, 3.63) is 0 Å². The second kappa shape index (κ2) is 12.5. The maximum Gasteiger partial charge on any atom is 0.221 e. The predicted octanol–water partition coefficient (Wildman–Crippen LogP) is 1.73. The molecule has 0 aliphatic heterocycles. The first-order valence-corrected chi connectivity index (χ1v) is 6.69. The Kier molecular flexibility index (Phi) is 13.7. The standard InChI is InChI=1S/C13H28N4O.HI/c1-10(2)6-8-15-13(14-5)16-9-7-12(18)17-11(3)4;/h10-11H,6-9H2,1-5H3,(H,17,18)(H2,14,15,16);1H. The number of guanidine groups is 1. The van der Waals surface area contributed by atoms with Crippen LogP contribution in [0.1, 0.15) is 40.5 Å². The fraction of sp³-hybridized carbons (Fsp3) is 0.846. The smallest absolute Gasteiger partial charge is 0.221 e. The Hall–Kier alpha value is -0.530. The Morgan fingerprint density at radius 1 is 1.11 bits per heavy atom. The van der Waals surface area contributed by atoms with E-state index in [0.29, 0.717) is 18.9 Å². The van der Waals surface area contributed by atoms with Crippen molar-refractivity contribution in [1.29, 1.82) is 0 Å². The molecular formula is C13H29IN4O. The highest BCUT2D eigenvalue weighted by Crippen LogP contribution is 1.95. The van der Waals surface area contributed by atoms with Crippen LogP contribution in [-0.2, 0) is 4.79 Å². The summed E-state index contributed by atoms with van der Waals surface area (Å²) in [6, 6.07) is 0.195. The topological polar surface area (TPSA) is 65.5 Å². The summed E-state index contributed by atoms with van der Waals surface area (Å²) in [6.45, 7) is 9.78. The largest absolute Gasteiger partial charge is 0.356 e. The minimum Gasteiger partial charge on any atom is -0.356 e.